The molecule has 6 rings (SSSR count). The van der Waals surface area contributed by atoms with E-state index in [1.165, 1.54) is 0 Å². The zero-order chi connectivity index (χ0) is 23.8. The molecule has 0 fully saturated rings. The van der Waals surface area contributed by atoms with Crippen molar-refractivity contribution in [2.45, 2.75) is 32.1 Å². The van der Waals surface area contributed by atoms with Gasteiger partial charge in [0.05, 0.1) is 22.4 Å². The molecule has 170 valence electrons. The van der Waals surface area contributed by atoms with Gasteiger partial charge < -0.3 is 9.15 Å². The average molecular weight is 493 g/mol. The molecule has 34 heavy (non-hydrogen) atoms. The van der Waals surface area contributed by atoms with Gasteiger partial charge in [0.1, 0.15) is 11.9 Å². The van der Waals surface area contributed by atoms with Crippen LogP contribution in [0.25, 0.3) is 16.6 Å². The first-order valence-corrected chi connectivity index (χ1v) is 11.4. The van der Waals surface area contributed by atoms with Crippen LogP contribution in [0.5, 0.6) is 11.6 Å². The van der Waals surface area contributed by atoms with Crippen LogP contribution in [0.15, 0.2) is 58.0 Å². The van der Waals surface area contributed by atoms with E-state index in [1.807, 2.05) is 32.9 Å². The second-order valence-electron chi connectivity index (χ2n) is 9.22. The van der Waals surface area contributed by atoms with Gasteiger partial charge in [-0.2, -0.15) is 0 Å². The van der Waals surface area contributed by atoms with Crippen molar-refractivity contribution >= 4 is 39.8 Å². The third-order valence-electron chi connectivity index (χ3n) is 5.92. The van der Waals surface area contributed by atoms with Crippen molar-refractivity contribution in [2.75, 3.05) is 0 Å². The fourth-order valence-corrected chi connectivity index (χ4v) is 4.94. The summed E-state index contributed by atoms with van der Waals surface area (Å²) in [6, 6.07) is 12.4. The third kappa shape index (κ3) is 3.04. The number of benzene rings is 2. The molecule has 3 aromatic heterocycles. The van der Waals surface area contributed by atoms with Crippen LogP contribution in [0.1, 0.15) is 49.2 Å². The molecular formula is C25H18Cl2N4O3. The van der Waals surface area contributed by atoms with E-state index in [9.17, 15) is 4.79 Å². The van der Waals surface area contributed by atoms with E-state index in [0.717, 1.165) is 0 Å². The molecule has 2 aromatic carbocycles. The predicted molar refractivity (Wildman–Crippen MR) is 129 cm³/mol. The Morgan fingerprint density at radius 2 is 1.71 bits per heavy atom. The van der Waals surface area contributed by atoms with Gasteiger partial charge >= 0.3 is 5.63 Å². The molecule has 0 spiro atoms. The summed E-state index contributed by atoms with van der Waals surface area (Å²) in [5.41, 5.74) is 1.46. The lowest BCUT2D eigenvalue weighted by molar-refractivity contribution is 0.422. The highest BCUT2D eigenvalue weighted by Crippen LogP contribution is 2.51. The Morgan fingerprint density at radius 1 is 0.971 bits per heavy atom. The molecule has 0 radical (unpaired) electrons. The van der Waals surface area contributed by atoms with Crippen LogP contribution >= 0.6 is 23.2 Å². The molecule has 5 aromatic rings. The Bertz CT molecular complexity index is 1660. The van der Waals surface area contributed by atoms with Crippen molar-refractivity contribution in [1.82, 2.24) is 19.6 Å². The first-order valence-electron chi connectivity index (χ1n) is 10.7. The van der Waals surface area contributed by atoms with Gasteiger partial charge in [-0.1, -0.05) is 62.2 Å². The average Bonchev–Trinajstić information content (AvgIpc) is 3.24. The summed E-state index contributed by atoms with van der Waals surface area (Å²) in [6.07, 6.45) is 1.56. The molecule has 1 aliphatic heterocycles. The molecule has 0 saturated heterocycles. The number of rotatable bonds is 1. The van der Waals surface area contributed by atoms with E-state index < -0.39 is 11.5 Å². The smallest absolute Gasteiger partial charge is 0.344 e. The van der Waals surface area contributed by atoms with Gasteiger partial charge in [-0.15, -0.1) is 5.10 Å². The monoisotopic (exact) mass is 492 g/mol. The predicted octanol–water partition coefficient (Wildman–Crippen LogP) is 6.12. The van der Waals surface area contributed by atoms with Crippen LogP contribution in [-0.4, -0.2) is 19.6 Å². The first kappa shape index (κ1) is 21.1. The van der Waals surface area contributed by atoms with Crippen LogP contribution in [0.3, 0.4) is 0 Å². The molecule has 1 atom stereocenters. The summed E-state index contributed by atoms with van der Waals surface area (Å²) in [6.45, 7) is 6.07. The molecule has 9 heteroatoms. The quantitative estimate of drug-likeness (QED) is 0.257. The molecule has 0 saturated carbocycles. The van der Waals surface area contributed by atoms with E-state index in [0.29, 0.717) is 55.2 Å². The topological polar surface area (TPSA) is 82.5 Å². The molecule has 7 nitrogen and oxygen atoms in total. The SMILES string of the molecule is CC(C)(C)c1nc2c3c(ncn2n1)Oc1c(c(=O)oc2ccccc12)C3c1c(Cl)cccc1Cl. The van der Waals surface area contributed by atoms with Crippen LogP contribution in [-0.2, 0) is 5.41 Å². The fourth-order valence-electron chi connectivity index (χ4n) is 4.32. The maximum absolute atomic E-state index is 13.4. The summed E-state index contributed by atoms with van der Waals surface area (Å²) in [4.78, 5) is 22.7. The van der Waals surface area contributed by atoms with Gasteiger partial charge in [-0.05, 0) is 24.3 Å². The highest BCUT2D eigenvalue weighted by Gasteiger charge is 2.39. The highest BCUT2D eigenvalue weighted by atomic mass is 35.5. The normalized spacial score (nSPS) is 15.3. The Labute approximate surface area is 203 Å². The number of para-hydroxylation sites is 1. The molecule has 0 N–H and O–H groups in total. The first-order chi connectivity index (χ1) is 16.2. The molecule has 0 aliphatic carbocycles. The lowest BCUT2D eigenvalue weighted by atomic mass is 9.84. The summed E-state index contributed by atoms with van der Waals surface area (Å²) in [7, 11) is 0. The number of hydrogen-bond donors (Lipinski definition) is 0. The van der Waals surface area contributed by atoms with Gasteiger partial charge in [-0.3, -0.25) is 0 Å². The number of halogens is 2. The number of nitrogens with zero attached hydrogens (tertiary/aromatic N) is 4. The van der Waals surface area contributed by atoms with Crippen molar-refractivity contribution in [3.05, 3.63) is 91.8 Å². The standard InChI is InChI=1S/C25H18Cl2N4O3/c1-25(2,3)24-29-21-19-17(16-13(26)8-6-9-14(16)27)18-20(34-22(19)28-11-31(21)30-24)12-7-4-5-10-15(12)33-23(18)32/h4-11,17H,1-3H3. The van der Waals surface area contributed by atoms with Gasteiger partial charge in [0.2, 0.25) is 5.88 Å². The highest BCUT2D eigenvalue weighted by molar-refractivity contribution is 6.36. The van der Waals surface area contributed by atoms with Gasteiger partial charge in [-0.25, -0.2) is 19.3 Å². The largest absolute Gasteiger partial charge is 0.437 e. The van der Waals surface area contributed by atoms with Crippen molar-refractivity contribution in [3.8, 4) is 11.6 Å². The lowest BCUT2D eigenvalue weighted by Gasteiger charge is -2.28. The van der Waals surface area contributed by atoms with Crippen molar-refractivity contribution in [3.63, 3.8) is 0 Å². The Kier molecular flexibility index (Phi) is 4.53. The Morgan fingerprint density at radius 3 is 2.44 bits per heavy atom. The number of ether oxygens (including phenoxy) is 1. The van der Waals surface area contributed by atoms with Crippen molar-refractivity contribution in [1.29, 1.82) is 0 Å². The maximum Gasteiger partial charge on any atom is 0.344 e. The summed E-state index contributed by atoms with van der Waals surface area (Å²) in [5, 5.41) is 6.07. The third-order valence-corrected chi connectivity index (χ3v) is 6.58. The molecule has 1 unspecified atom stereocenters. The molecule has 1 aliphatic rings. The summed E-state index contributed by atoms with van der Waals surface area (Å²) >= 11 is 13.3. The summed E-state index contributed by atoms with van der Waals surface area (Å²) in [5.74, 6) is 0.578. The molecule has 0 bridgehead atoms. The Hall–Kier alpha value is -3.42. The Balaban J connectivity index is 1.77. The van der Waals surface area contributed by atoms with E-state index in [-0.39, 0.29) is 11.0 Å². The number of hydrogen-bond acceptors (Lipinski definition) is 6. The van der Waals surface area contributed by atoms with Crippen molar-refractivity contribution in [2.24, 2.45) is 0 Å². The van der Waals surface area contributed by atoms with Gasteiger partial charge in [0, 0.05) is 21.0 Å². The molecule has 0 amide bonds. The van der Waals surface area contributed by atoms with E-state index >= 15 is 0 Å². The van der Waals surface area contributed by atoms with Crippen LogP contribution in [0.2, 0.25) is 10.0 Å². The minimum Gasteiger partial charge on any atom is -0.437 e. The zero-order valence-electron chi connectivity index (χ0n) is 18.5. The van der Waals surface area contributed by atoms with Gasteiger partial charge in [0.15, 0.2) is 17.2 Å². The lowest BCUT2D eigenvalue weighted by Crippen LogP contribution is -2.22. The fraction of sp³-hybridized carbons (Fsp3) is 0.200. The minimum atomic E-state index is -0.728. The van der Waals surface area contributed by atoms with E-state index in [4.69, 9.17) is 37.3 Å². The van der Waals surface area contributed by atoms with Gasteiger partial charge in [0.25, 0.3) is 0 Å². The van der Waals surface area contributed by atoms with Crippen LogP contribution < -0.4 is 10.4 Å². The second-order valence-corrected chi connectivity index (χ2v) is 10.0. The molecular weight excluding hydrogens is 475 g/mol. The molecule has 4 heterocycles. The maximum atomic E-state index is 13.4. The van der Waals surface area contributed by atoms with E-state index in [1.54, 1.807) is 41.2 Å². The zero-order valence-corrected chi connectivity index (χ0v) is 20.0. The van der Waals surface area contributed by atoms with Crippen LogP contribution in [0.4, 0.5) is 0 Å². The summed E-state index contributed by atoms with van der Waals surface area (Å²) < 4.78 is 13.6. The van der Waals surface area contributed by atoms with E-state index in [2.05, 4.69) is 10.1 Å². The van der Waals surface area contributed by atoms with Crippen molar-refractivity contribution < 1.29 is 9.15 Å². The second kappa shape index (κ2) is 7.29. The number of fused-ring (bicyclic) bond motifs is 6. The number of aromatic nitrogens is 4. The minimum absolute atomic E-state index is 0.288. The van der Waals surface area contributed by atoms with Crippen LogP contribution in [0, 0.1) is 0 Å².